The third-order valence-electron chi connectivity index (χ3n) is 2.55. The largest absolute Gasteiger partial charge is 0.303 e. The molecule has 1 nitrogen and oxygen atoms in total. The van der Waals surface area contributed by atoms with Crippen LogP contribution in [0.4, 0.5) is 8.78 Å². The zero-order chi connectivity index (χ0) is 9.19. The van der Waals surface area contributed by atoms with Gasteiger partial charge in [0.05, 0.1) is 0 Å². The summed E-state index contributed by atoms with van der Waals surface area (Å²) in [7, 11) is 0. The van der Waals surface area contributed by atoms with E-state index in [2.05, 4.69) is 11.8 Å². The van der Waals surface area contributed by atoms with Gasteiger partial charge in [0.15, 0.2) is 0 Å². The highest BCUT2D eigenvalue weighted by Crippen LogP contribution is 2.32. The Morgan fingerprint density at radius 1 is 1.50 bits per heavy atom. The van der Waals surface area contributed by atoms with Crippen LogP contribution < -0.4 is 0 Å². The minimum absolute atomic E-state index is 0.0359. The van der Waals surface area contributed by atoms with Crippen molar-refractivity contribution in [3.8, 4) is 0 Å². The molecule has 72 valence electrons. The third-order valence-corrected chi connectivity index (χ3v) is 2.55. The Hall–Kier alpha value is -0.180. The lowest BCUT2D eigenvalue weighted by atomic mass is 9.95. The molecule has 0 amide bonds. The van der Waals surface area contributed by atoms with E-state index in [0.717, 1.165) is 13.0 Å². The molecule has 1 atom stereocenters. The summed E-state index contributed by atoms with van der Waals surface area (Å²) < 4.78 is 26.0. The molecule has 0 aliphatic carbocycles. The first-order chi connectivity index (χ1) is 5.56. The van der Waals surface area contributed by atoms with Crippen molar-refractivity contribution >= 4 is 0 Å². The van der Waals surface area contributed by atoms with Gasteiger partial charge in [0.25, 0.3) is 5.92 Å². The van der Waals surface area contributed by atoms with E-state index >= 15 is 0 Å². The second kappa shape index (κ2) is 3.69. The van der Waals surface area contributed by atoms with E-state index < -0.39 is 11.8 Å². The molecule has 0 saturated carbocycles. The molecule has 0 spiro atoms. The fourth-order valence-electron chi connectivity index (χ4n) is 1.69. The number of piperidine rings is 1. The van der Waals surface area contributed by atoms with E-state index in [1.807, 2.05) is 0 Å². The molecule has 0 aromatic rings. The summed E-state index contributed by atoms with van der Waals surface area (Å²) in [6, 6.07) is 0. The van der Waals surface area contributed by atoms with Gasteiger partial charge in [-0.15, -0.1) is 0 Å². The van der Waals surface area contributed by atoms with Crippen molar-refractivity contribution in [2.24, 2.45) is 5.92 Å². The van der Waals surface area contributed by atoms with Gasteiger partial charge in [-0.05, 0) is 13.0 Å². The molecular formula is C9H17F2N. The Morgan fingerprint density at radius 2 is 2.17 bits per heavy atom. The monoisotopic (exact) mass is 177 g/mol. The van der Waals surface area contributed by atoms with E-state index in [-0.39, 0.29) is 6.42 Å². The third kappa shape index (κ3) is 2.16. The standard InChI is InChI=1S/C9H17F2N/c1-3-5-12-6-4-9(10,11)8(2)7-12/h8H,3-7H2,1-2H3/t8-/m0/s1. The normalized spacial score (nSPS) is 30.5. The summed E-state index contributed by atoms with van der Waals surface area (Å²) in [4.78, 5) is 2.13. The lowest BCUT2D eigenvalue weighted by Crippen LogP contribution is -2.45. The minimum Gasteiger partial charge on any atom is -0.303 e. The zero-order valence-electron chi connectivity index (χ0n) is 7.82. The Balaban J connectivity index is 2.41. The van der Waals surface area contributed by atoms with Crippen LogP contribution in [0.1, 0.15) is 26.7 Å². The molecule has 1 rings (SSSR count). The number of nitrogens with zero attached hydrogens (tertiary/aromatic N) is 1. The molecule has 0 N–H and O–H groups in total. The van der Waals surface area contributed by atoms with Gasteiger partial charge >= 0.3 is 0 Å². The average molecular weight is 177 g/mol. The van der Waals surface area contributed by atoms with E-state index in [1.165, 1.54) is 0 Å². The highest BCUT2D eigenvalue weighted by molar-refractivity contribution is 4.83. The van der Waals surface area contributed by atoms with Crippen LogP contribution in [0.25, 0.3) is 0 Å². The number of rotatable bonds is 2. The Morgan fingerprint density at radius 3 is 2.67 bits per heavy atom. The van der Waals surface area contributed by atoms with Gasteiger partial charge in [0, 0.05) is 25.4 Å². The molecule has 1 aliphatic heterocycles. The second-order valence-corrected chi connectivity index (χ2v) is 3.71. The summed E-state index contributed by atoms with van der Waals surface area (Å²) in [6.45, 7) is 5.80. The van der Waals surface area contributed by atoms with Crippen LogP contribution in [-0.2, 0) is 0 Å². The summed E-state index contributed by atoms with van der Waals surface area (Å²) in [5, 5.41) is 0. The van der Waals surface area contributed by atoms with Gasteiger partial charge in [0.1, 0.15) is 0 Å². The number of alkyl halides is 2. The molecule has 12 heavy (non-hydrogen) atoms. The van der Waals surface area contributed by atoms with Crippen molar-refractivity contribution in [1.29, 1.82) is 0 Å². The van der Waals surface area contributed by atoms with Crippen LogP contribution >= 0.6 is 0 Å². The predicted octanol–water partition coefficient (Wildman–Crippen LogP) is 2.37. The smallest absolute Gasteiger partial charge is 0.253 e. The van der Waals surface area contributed by atoms with Crippen LogP contribution in [0.2, 0.25) is 0 Å². The van der Waals surface area contributed by atoms with Crippen LogP contribution in [0.3, 0.4) is 0 Å². The average Bonchev–Trinajstić information content (AvgIpc) is 1.98. The van der Waals surface area contributed by atoms with Gasteiger partial charge < -0.3 is 4.90 Å². The van der Waals surface area contributed by atoms with Crippen molar-refractivity contribution in [3.63, 3.8) is 0 Å². The molecule has 0 unspecified atom stereocenters. The highest BCUT2D eigenvalue weighted by atomic mass is 19.3. The van der Waals surface area contributed by atoms with Gasteiger partial charge in [0.2, 0.25) is 0 Å². The van der Waals surface area contributed by atoms with Gasteiger partial charge in [-0.25, -0.2) is 8.78 Å². The molecule has 1 saturated heterocycles. The predicted molar refractivity (Wildman–Crippen MR) is 45.5 cm³/mol. The summed E-state index contributed by atoms with van der Waals surface area (Å²) in [5.41, 5.74) is 0. The maximum Gasteiger partial charge on any atom is 0.253 e. The van der Waals surface area contributed by atoms with Gasteiger partial charge in [-0.3, -0.25) is 0 Å². The fraction of sp³-hybridized carbons (Fsp3) is 1.00. The van der Waals surface area contributed by atoms with E-state index in [1.54, 1.807) is 6.92 Å². The van der Waals surface area contributed by atoms with Crippen LogP contribution in [-0.4, -0.2) is 30.5 Å². The Kier molecular flexibility index (Phi) is 3.04. The minimum atomic E-state index is -2.43. The SMILES string of the molecule is CCCN1CCC(F)(F)[C@@H](C)C1. The maximum absolute atomic E-state index is 13.0. The molecule has 0 aromatic carbocycles. The van der Waals surface area contributed by atoms with Gasteiger partial charge in [-0.1, -0.05) is 13.8 Å². The number of likely N-dealkylation sites (tertiary alicyclic amines) is 1. The molecular weight excluding hydrogens is 160 g/mol. The number of hydrogen-bond donors (Lipinski definition) is 0. The molecule has 0 aromatic heterocycles. The molecule has 3 heteroatoms. The summed E-state index contributed by atoms with van der Waals surface area (Å²) >= 11 is 0. The van der Waals surface area contributed by atoms with E-state index in [4.69, 9.17) is 0 Å². The lowest BCUT2D eigenvalue weighted by molar-refractivity contribution is -0.0986. The summed E-state index contributed by atoms with van der Waals surface area (Å²) in [5.74, 6) is -2.90. The maximum atomic E-state index is 13.0. The molecule has 0 bridgehead atoms. The Bertz CT molecular complexity index is 147. The van der Waals surface area contributed by atoms with Crippen LogP contribution in [0, 0.1) is 5.92 Å². The fourth-order valence-corrected chi connectivity index (χ4v) is 1.69. The highest BCUT2D eigenvalue weighted by Gasteiger charge is 2.40. The van der Waals surface area contributed by atoms with E-state index in [9.17, 15) is 8.78 Å². The molecule has 1 heterocycles. The van der Waals surface area contributed by atoms with Crippen molar-refractivity contribution in [2.75, 3.05) is 19.6 Å². The van der Waals surface area contributed by atoms with Crippen LogP contribution in [0.15, 0.2) is 0 Å². The van der Waals surface area contributed by atoms with Crippen molar-refractivity contribution in [2.45, 2.75) is 32.6 Å². The number of halogens is 2. The Labute approximate surface area is 72.7 Å². The first-order valence-electron chi connectivity index (χ1n) is 4.66. The van der Waals surface area contributed by atoms with Gasteiger partial charge in [-0.2, -0.15) is 0 Å². The lowest BCUT2D eigenvalue weighted by Gasteiger charge is -2.36. The molecule has 1 fully saturated rings. The quantitative estimate of drug-likeness (QED) is 0.626. The van der Waals surface area contributed by atoms with Crippen molar-refractivity contribution in [3.05, 3.63) is 0 Å². The van der Waals surface area contributed by atoms with E-state index in [0.29, 0.717) is 13.1 Å². The summed E-state index contributed by atoms with van der Waals surface area (Å²) in [6.07, 6.45) is 1.09. The van der Waals surface area contributed by atoms with Crippen molar-refractivity contribution in [1.82, 2.24) is 4.90 Å². The van der Waals surface area contributed by atoms with Crippen LogP contribution in [0.5, 0.6) is 0 Å². The molecule has 0 radical (unpaired) electrons. The van der Waals surface area contributed by atoms with Crippen molar-refractivity contribution < 1.29 is 8.78 Å². The second-order valence-electron chi connectivity index (χ2n) is 3.71. The zero-order valence-corrected chi connectivity index (χ0v) is 7.82. The molecule has 1 aliphatic rings. The first kappa shape index (κ1) is 9.90. The topological polar surface area (TPSA) is 3.24 Å². The first-order valence-corrected chi connectivity index (χ1v) is 4.66. The number of hydrogen-bond acceptors (Lipinski definition) is 1.